The summed E-state index contributed by atoms with van der Waals surface area (Å²) in [5.74, 6) is -2.54. The van der Waals surface area contributed by atoms with Crippen molar-refractivity contribution in [1.82, 2.24) is 4.57 Å². The second kappa shape index (κ2) is 4.17. The van der Waals surface area contributed by atoms with E-state index in [1.807, 2.05) is 0 Å². The van der Waals surface area contributed by atoms with E-state index in [0.717, 1.165) is 4.57 Å². The van der Waals surface area contributed by atoms with Crippen LogP contribution in [0.1, 0.15) is 0 Å². The van der Waals surface area contributed by atoms with Gasteiger partial charge in [-0.1, -0.05) is 18.2 Å². The maximum Gasteiger partial charge on any atom is 0.491 e. The van der Waals surface area contributed by atoms with Gasteiger partial charge in [-0.2, -0.15) is 13.2 Å². The third kappa shape index (κ3) is 2.20. The summed E-state index contributed by atoms with van der Waals surface area (Å²) in [6.45, 7) is 0. The number of rotatable bonds is 0. The Balaban J connectivity index is 2.27. The highest BCUT2D eigenvalue weighted by Gasteiger charge is 2.42. The summed E-state index contributed by atoms with van der Waals surface area (Å²) in [6.07, 6.45) is -5.35. The number of benzene rings is 1. The lowest BCUT2D eigenvalue weighted by atomic mass is 10.2. The summed E-state index contributed by atoms with van der Waals surface area (Å²) in [7, 11) is 0. The van der Waals surface area contributed by atoms with Gasteiger partial charge in [-0.05, 0) is 12.1 Å². The number of carbonyl (C=O) groups is 2. The van der Waals surface area contributed by atoms with Crippen LogP contribution in [0.5, 0.6) is 0 Å². The van der Waals surface area contributed by atoms with E-state index in [1.54, 1.807) is 18.2 Å². The van der Waals surface area contributed by atoms with Crippen LogP contribution in [-0.4, -0.2) is 22.8 Å². The first-order chi connectivity index (χ1) is 8.39. The Hall–Kier alpha value is -2.31. The van der Waals surface area contributed by atoms with Gasteiger partial charge in [0.1, 0.15) is 0 Å². The molecule has 2 rings (SSSR count). The average molecular weight is 257 g/mol. The van der Waals surface area contributed by atoms with Gasteiger partial charge in [0.15, 0.2) is 0 Å². The van der Waals surface area contributed by atoms with Gasteiger partial charge in [0, 0.05) is 11.6 Å². The van der Waals surface area contributed by atoms with Gasteiger partial charge in [0.25, 0.3) is 0 Å². The van der Waals surface area contributed by atoms with Crippen molar-refractivity contribution in [3.8, 4) is 0 Å². The molecule has 7 heteroatoms. The molecule has 0 unspecified atom stereocenters. The van der Waals surface area contributed by atoms with E-state index in [0.29, 0.717) is 10.9 Å². The number of fused-ring (bicyclic) bond motifs is 1. The fraction of sp³-hybridized carbons (Fsp3) is 0.0909. The van der Waals surface area contributed by atoms with E-state index in [-0.39, 0.29) is 0 Å². The van der Waals surface area contributed by atoms with Crippen molar-refractivity contribution in [3.63, 3.8) is 0 Å². The first-order valence-corrected chi connectivity index (χ1v) is 4.79. The van der Waals surface area contributed by atoms with E-state index < -0.39 is 18.2 Å². The smallest absolute Gasteiger partial charge is 0.369 e. The number of hydrogen-bond acceptors (Lipinski definition) is 3. The van der Waals surface area contributed by atoms with Crippen LogP contribution >= 0.6 is 0 Å². The Morgan fingerprint density at radius 3 is 2.44 bits per heavy atom. The minimum Gasteiger partial charge on any atom is -0.369 e. The van der Waals surface area contributed by atoms with Gasteiger partial charge < -0.3 is 4.74 Å². The van der Waals surface area contributed by atoms with Crippen molar-refractivity contribution in [2.24, 2.45) is 0 Å². The van der Waals surface area contributed by atoms with Crippen molar-refractivity contribution >= 4 is 23.0 Å². The number of esters is 1. The number of alkyl halides is 3. The van der Waals surface area contributed by atoms with Crippen molar-refractivity contribution in [2.45, 2.75) is 6.18 Å². The number of nitrogens with zero attached hydrogens (tertiary/aromatic N) is 1. The Kier molecular flexibility index (Phi) is 2.82. The van der Waals surface area contributed by atoms with Crippen LogP contribution in [0.25, 0.3) is 10.9 Å². The molecule has 94 valence electrons. The molecular formula is C11H6F3NO3. The fourth-order valence-electron chi connectivity index (χ4n) is 1.43. The molecule has 0 spiro atoms. The van der Waals surface area contributed by atoms with Crippen LogP contribution < -0.4 is 0 Å². The van der Waals surface area contributed by atoms with Crippen LogP contribution in [0.4, 0.5) is 18.0 Å². The van der Waals surface area contributed by atoms with Gasteiger partial charge in [0.05, 0.1) is 5.52 Å². The number of halogens is 3. The molecule has 0 N–H and O–H groups in total. The molecule has 0 aliphatic rings. The third-order valence-corrected chi connectivity index (χ3v) is 2.21. The molecule has 0 aliphatic heterocycles. The summed E-state index contributed by atoms with van der Waals surface area (Å²) in [5.41, 5.74) is 0.359. The van der Waals surface area contributed by atoms with Crippen LogP contribution in [0, 0.1) is 0 Å². The molecule has 1 heterocycles. The molecule has 1 aromatic carbocycles. The van der Waals surface area contributed by atoms with Gasteiger partial charge in [-0.3, -0.25) is 4.57 Å². The number of aromatic nitrogens is 1. The molecule has 0 radical (unpaired) electrons. The SMILES string of the molecule is O=C(OC(=O)C(F)(F)F)n1ccc2ccccc21. The maximum atomic E-state index is 11.9. The lowest BCUT2D eigenvalue weighted by Gasteiger charge is -2.06. The Morgan fingerprint density at radius 2 is 1.78 bits per heavy atom. The minimum atomic E-state index is -5.20. The molecule has 0 amide bonds. The van der Waals surface area contributed by atoms with Crippen molar-refractivity contribution < 1.29 is 27.5 Å². The molecule has 2 aromatic rings. The topological polar surface area (TPSA) is 48.3 Å². The highest BCUT2D eigenvalue weighted by atomic mass is 19.4. The van der Waals surface area contributed by atoms with Crippen LogP contribution in [0.2, 0.25) is 0 Å². The lowest BCUT2D eigenvalue weighted by Crippen LogP contribution is -2.29. The normalized spacial score (nSPS) is 11.5. The molecule has 1 aromatic heterocycles. The predicted octanol–water partition coefficient (Wildman–Crippen LogP) is 2.71. The van der Waals surface area contributed by atoms with Gasteiger partial charge in [0.2, 0.25) is 0 Å². The number of hydrogen-bond donors (Lipinski definition) is 0. The fourth-order valence-corrected chi connectivity index (χ4v) is 1.43. The average Bonchev–Trinajstić information content (AvgIpc) is 2.71. The van der Waals surface area contributed by atoms with E-state index in [4.69, 9.17) is 0 Å². The highest BCUT2D eigenvalue weighted by Crippen LogP contribution is 2.19. The van der Waals surface area contributed by atoms with E-state index in [1.165, 1.54) is 18.3 Å². The first-order valence-electron chi connectivity index (χ1n) is 4.79. The zero-order valence-electron chi connectivity index (χ0n) is 8.77. The van der Waals surface area contributed by atoms with Crippen molar-refractivity contribution in [1.29, 1.82) is 0 Å². The summed E-state index contributed by atoms with van der Waals surface area (Å²) in [4.78, 5) is 21.9. The molecule has 0 fully saturated rings. The van der Waals surface area contributed by atoms with E-state index in [9.17, 15) is 22.8 Å². The second-order valence-electron chi connectivity index (χ2n) is 3.40. The predicted molar refractivity (Wildman–Crippen MR) is 54.9 cm³/mol. The monoisotopic (exact) mass is 257 g/mol. The van der Waals surface area contributed by atoms with Gasteiger partial charge in [-0.25, -0.2) is 9.59 Å². The van der Waals surface area contributed by atoms with Crippen molar-refractivity contribution in [3.05, 3.63) is 36.5 Å². The van der Waals surface area contributed by atoms with Gasteiger partial charge in [-0.15, -0.1) is 0 Å². The molecule has 4 nitrogen and oxygen atoms in total. The number of para-hydroxylation sites is 1. The Labute approximate surface area is 98.6 Å². The molecule has 0 saturated carbocycles. The molecule has 0 aliphatic carbocycles. The highest BCUT2D eigenvalue weighted by molar-refractivity contribution is 5.94. The number of ether oxygens (including phenoxy) is 1. The maximum absolute atomic E-state index is 11.9. The van der Waals surface area contributed by atoms with Crippen molar-refractivity contribution in [2.75, 3.05) is 0 Å². The second-order valence-corrected chi connectivity index (χ2v) is 3.40. The first kappa shape index (κ1) is 12.2. The lowest BCUT2D eigenvalue weighted by molar-refractivity contribution is -0.192. The van der Waals surface area contributed by atoms with Gasteiger partial charge >= 0.3 is 18.2 Å². The molecule has 0 saturated heterocycles. The minimum absolute atomic E-state index is 0.359. The van der Waals surface area contributed by atoms with E-state index in [2.05, 4.69) is 4.74 Å². The van der Waals surface area contributed by atoms with Crippen LogP contribution in [-0.2, 0) is 9.53 Å². The van der Waals surface area contributed by atoms with Crippen LogP contribution in [0.3, 0.4) is 0 Å². The Bertz CT molecular complexity index is 615. The zero-order valence-corrected chi connectivity index (χ0v) is 8.77. The third-order valence-electron chi connectivity index (χ3n) is 2.21. The molecule has 18 heavy (non-hydrogen) atoms. The molecule has 0 atom stereocenters. The number of carbonyl (C=O) groups excluding carboxylic acids is 2. The quantitative estimate of drug-likeness (QED) is 0.538. The summed E-state index contributed by atoms with van der Waals surface area (Å²) >= 11 is 0. The summed E-state index contributed by atoms with van der Waals surface area (Å²) in [5, 5.41) is 0.647. The summed E-state index contributed by atoms with van der Waals surface area (Å²) in [6, 6.07) is 8.03. The Morgan fingerprint density at radius 1 is 1.11 bits per heavy atom. The molecule has 0 bridgehead atoms. The van der Waals surface area contributed by atoms with Crippen LogP contribution in [0.15, 0.2) is 36.5 Å². The zero-order chi connectivity index (χ0) is 13.3. The van der Waals surface area contributed by atoms with E-state index >= 15 is 0 Å². The summed E-state index contributed by atoms with van der Waals surface area (Å²) < 4.78 is 40.3. The standard InChI is InChI=1S/C11H6F3NO3/c12-11(13,14)9(16)18-10(17)15-6-5-7-3-1-2-4-8(7)15/h1-6H. The molecular weight excluding hydrogens is 251 g/mol. The largest absolute Gasteiger partial charge is 0.491 e.